The number of benzene rings is 1. The maximum atomic E-state index is 12.2. The van der Waals surface area contributed by atoms with Crippen molar-refractivity contribution in [2.75, 3.05) is 0 Å². The third-order valence-corrected chi connectivity index (χ3v) is 5.14. The van der Waals surface area contributed by atoms with Gasteiger partial charge in [0.2, 0.25) is 0 Å². The summed E-state index contributed by atoms with van der Waals surface area (Å²) in [7, 11) is 0. The van der Waals surface area contributed by atoms with Crippen LogP contribution in [0.4, 0.5) is 8.78 Å². The standard InChI is InChI=1S/C18H17F2N3O2S/c19-17(20)25-14-7-3-12(4-8-14)11-26-18-22-21-16(13-5-6-13)23(18)10-15-2-1-9-24-15/h1-4,7-9,13,17H,5-6,10-11H2. The first kappa shape index (κ1) is 17.1. The van der Waals surface area contributed by atoms with Gasteiger partial charge >= 0.3 is 6.61 Å². The van der Waals surface area contributed by atoms with Gasteiger partial charge in [0.25, 0.3) is 0 Å². The molecule has 0 saturated heterocycles. The lowest BCUT2D eigenvalue weighted by Crippen LogP contribution is -2.05. The van der Waals surface area contributed by atoms with Crippen LogP contribution in [0.2, 0.25) is 0 Å². The highest BCUT2D eigenvalue weighted by Gasteiger charge is 2.30. The van der Waals surface area contributed by atoms with E-state index in [2.05, 4.69) is 19.5 Å². The Kier molecular flexibility index (Phi) is 4.92. The lowest BCUT2D eigenvalue weighted by Gasteiger charge is -2.09. The van der Waals surface area contributed by atoms with Crippen LogP contribution in [0.15, 0.2) is 52.2 Å². The zero-order valence-electron chi connectivity index (χ0n) is 13.8. The molecule has 0 atom stereocenters. The van der Waals surface area contributed by atoms with E-state index < -0.39 is 6.61 Å². The van der Waals surface area contributed by atoms with Crippen LogP contribution in [0, 0.1) is 0 Å². The van der Waals surface area contributed by atoms with E-state index in [-0.39, 0.29) is 5.75 Å². The summed E-state index contributed by atoms with van der Waals surface area (Å²) in [5.41, 5.74) is 0.997. The third kappa shape index (κ3) is 4.07. The number of rotatable bonds is 8. The largest absolute Gasteiger partial charge is 0.467 e. The Hall–Kier alpha value is -2.35. The molecule has 0 aliphatic heterocycles. The minimum atomic E-state index is -2.81. The van der Waals surface area contributed by atoms with Gasteiger partial charge < -0.3 is 9.15 Å². The number of thioether (sulfide) groups is 1. The molecule has 2 aromatic heterocycles. The van der Waals surface area contributed by atoms with E-state index >= 15 is 0 Å². The Balaban J connectivity index is 1.46. The van der Waals surface area contributed by atoms with Crippen molar-refractivity contribution in [2.24, 2.45) is 0 Å². The lowest BCUT2D eigenvalue weighted by atomic mass is 10.2. The molecule has 1 aliphatic carbocycles. The predicted octanol–water partition coefficient (Wildman–Crippen LogP) is 4.69. The Labute approximate surface area is 153 Å². The number of nitrogens with zero attached hydrogens (tertiary/aromatic N) is 3. The molecule has 5 nitrogen and oxygen atoms in total. The van der Waals surface area contributed by atoms with E-state index in [1.54, 1.807) is 42.3 Å². The topological polar surface area (TPSA) is 53.1 Å². The van der Waals surface area contributed by atoms with Crippen LogP contribution in [0.1, 0.15) is 35.9 Å². The van der Waals surface area contributed by atoms with Crippen molar-refractivity contribution >= 4 is 11.8 Å². The van der Waals surface area contributed by atoms with E-state index in [9.17, 15) is 8.78 Å². The zero-order chi connectivity index (χ0) is 17.9. The van der Waals surface area contributed by atoms with Crippen LogP contribution < -0.4 is 4.74 Å². The highest BCUT2D eigenvalue weighted by molar-refractivity contribution is 7.98. The highest BCUT2D eigenvalue weighted by Crippen LogP contribution is 2.40. The molecule has 0 N–H and O–H groups in total. The summed E-state index contributed by atoms with van der Waals surface area (Å²) in [4.78, 5) is 0. The minimum absolute atomic E-state index is 0.158. The van der Waals surface area contributed by atoms with E-state index in [0.717, 1.165) is 35.1 Å². The lowest BCUT2D eigenvalue weighted by molar-refractivity contribution is -0.0498. The molecule has 0 radical (unpaired) electrons. The second-order valence-electron chi connectivity index (χ2n) is 6.09. The molecule has 1 aromatic carbocycles. The summed E-state index contributed by atoms with van der Waals surface area (Å²) >= 11 is 1.57. The van der Waals surface area contributed by atoms with Gasteiger partial charge in [-0.2, -0.15) is 8.78 Å². The third-order valence-electron chi connectivity index (χ3n) is 4.10. The monoisotopic (exact) mass is 377 g/mol. The molecule has 0 amide bonds. The van der Waals surface area contributed by atoms with Gasteiger partial charge in [-0.1, -0.05) is 23.9 Å². The van der Waals surface area contributed by atoms with Crippen LogP contribution in [-0.2, 0) is 12.3 Å². The fourth-order valence-electron chi connectivity index (χ4n) is 2.67. The molecule has 0 unspecified atom stereocenters. The normalized spacial score (nSPS) is 14.1. The van der Waals surface area contributed by atoms with Crippen molar-refractivity contribution in [2.45, 2.75) is 42.8 Å². The second-order valence-corrected chi connectivity index (χ2v) is 7.03. The molecule has 8 heteroatoms. The van der Waals surface area contributed by atoms with Crippen LogP contribution in [0.5, 0.6) is 5.75 Å². The molecule has 3 aromatic rings. The molecule has 1 saturated carbocycles. The first-order chi connectivity index (χ1) is 12.7. The van der Waals surface area contributed by atoms with Gasteiger partial charge in [0, 0.05) is 11.7 Å². The molecule has 1 aliphatic rings. The van der Waals surface area contributed by atoms with E-state index in [0.29, 0.717) is 18.2 Å². The van der Waals surface area contributed by atoms with Crippen LogP contribution >= 0.6 is 11.8 Å². The molecule has 2 heterocycles. The molecule has 0 spiro atoms. The van der Waals surface area contributed by atoms with Gasteiger partial charge in [-0.15, -0.1) is 10.2 Å². The van der Waals surface area contributed by atoms with Crippen LogP contribution in [0.3, 0.4) is 0 Å². The maximum absolute atomic E-state index is 12.2. The van der Waals surface area contributed by atoms with Gasteiger partial charge in [0.15, 0.2) is 5.16 Å². The second kappa shape index (κ2) is 7.49. The fourth-order valence-corrected chi connectivity index (χ4v) is 3.57. The van der Waals surface area contributed by atoms with Gasteiger partial charge in [0.1, 0.15) is 17.3 Å². The van der Waals surface area contributed by atoms with Gasteiger partial charge in [-0.25, -0.2) is 0 Å². The maximum Gasteiger partial charge on any atom is 0.387 e. The van der Waals surface area contributed by atoms with Gasteiger partial charge in [0.05, 0.1) is 12.8 Å². The molecule has 4 rings (SSSR count). The average molecular weight is 377 g/mol. The minimum Gasteiger partial charge on any atom is -0.467 e. The molecular weight excluding hydrogens is 360 g/mol. The smallest absolute Gasteiger partial charge is 0.387 e. The number of halogens is 2. The van der Waals surface area contributed by atoms with Gasteiger partial charge in [-0.3, -0.25) is 4.57 Å². The Morgan fingerprint density at radius 1 is 1.19 bits per heavy atom. The Morgan fingerprint density at radius 2 is 2.00 bits per heavy atom. The van der Waals surface area contributed by atoms with E-state index in [4.69, 9.17) is 4.42 Å². The van der Waals surface area contributed by atoms with Crippen LogP contribution in [-0.4, -0.2) is 21.4 Å². The number of alkyl halides is 2. The Bertz CT molecular complexity index is 846. The quantitative estimate of drug-likeness (QED) is 0.533. The predicted molar refractivity (Wildman–Crippen MR) is 92.4 cm³/mol. The number of ether oxygens (including phenoxy) is 1. The van der Waals surface area contributed by atoms with Crippen molar-refractivity contribution in [3.63, 3.8) is 0 Å². The fraction of sp³-hybridized carbons (Fsp3) is 0.333. The highest BCUT2D eigenvalue weighted by atomic mass is 32.2. The first-order valence-electron chi connectivity index (χ1n) is 8.31. The van der Waals surface area contributed by atoms with Crippen molar-refractivity contribution in [1.82, 2.24) is 14.8 Å². The van der Waals surface area contributed by atoms with Crippen molar-refractivity contribution < 1.29 is 17.9 Å². The molecule has 1 fully saturated rings. The van der Waals surface area contributed by atoms with Crippen LogP contribution in [0.25, 0.3) is 0 Å². The molecule has 26 heavy (non-hydrogen) atoms. The number of hydrogen-bond donors (Lipinski definition) is 0. The first-order valence-corrected chi connectivity index (χ1v) is 9.29. The summed E-state index contributed by atoms with van der Waals surface area (Å²) < 4.78 is 36.4. The summed E-state index contributed by atoms with van der Waals surface area (Å²) in [5, 5.41) is 9.54. The summed E-state index contributed by atoms with van der Waals surface area (Å²) in [5.74, 6) is 3.17. The summed E-state index contributed by atoms with van der Waals surface area (Å²) in [6, 6.07) is 10.5. The van der Waals surface area contributed by atoms with E-state index in [1.165, 1.54) is 0 Å². The van der Waals surface area contributed by atoms with Crippen molar-refractivity contribution in [1.29, 1.82) is 0 Å². The molecular formula is C18H17F2N3O2S. The number of aromatic nitrogens is 3. The summed E-state index contributed by atoms with van der Waals surface area (Å²) in [6.07, 6.45) is 3.95. The molecule has 0 bridgehead atoms. The van der Waals surface area contributed by atoms with Crippen molar-refractivity contribution in [3.8, 4) is 5.75 Å². The summed E-state index contributed by atoms with van der Waals surface area (Å²) in [6.45, 7) is -2.20. The molecule has 136 valence electrons. The number of furan rings is 1. The Morgan fingerprint density at radius 3 is 2.65 bits per heavy atom. The van der Waals surface area contributed by atoms with E-state index in [1.807, 2.05) is 12.1 Å². The average Bonchev–Trinajstić information content (AvgIpc) is 3.19. The zero-order valence-corrected chi connectivity index (χ0v) is 14.7. The van der Waals surface area contributed by atoms with Gasteiger partial charge in [-0.05, 0) is 42.7 Å². The van der Waals surface area contributed by atoms with Crippen molar-refractivity contribution in [3.05, 3.63) is 59.8 Å². The number of hydrogen-bond acceptors (Lipinski definition) is 5. The SMILES string of the molecule is FC(F)Oc1ccc(CSc2nnc(C3CC3)n2Cc2ccco2)cc1.